The minimum Gasteiger partial charge on any atom is -0.369 e. The van der Waals surface area contributed by atoms with Crippen LogP contribution in [0, 0.1) is 11.3 Å². The van der Waals surface area contributed by atoms with Crippen LogP contribution in [0.2, 0.25) is 0 Å². The highest BCUT2D eigenvalue weighted by molar-refractivity contribution is 5.39. The molecule has 2 aromatic rings. The average molecular weight is 395 g/mol. The highest BCUT2D eigenvalue weighted by atomic mass is 16.1. The van der Waals surface area contributed by atoms with Crippen LogP contribution in [0.5, 0.6) is 0 Å². The van der Waals surface area contributed by atoms with Gasteiger partial charge in [0.1, 0.15) is 11.9 Å². The van der Waals surface area contributed by atoms with E-state index in [9.17, 15) is 4.79 Å². The first-order chi connectivity index (χ1) is 13.9. The fraction of sp³-hybridized carbons (Fsp3) is 0.545. The standard InChI is InChI=1S/C22H30N6O/c1-22(2,3)19-8-10-21(29)28(26-19)13-12-27-11-5-4-6-18(27)16-25-20-9-7-17(14-23)15-24-20/h7-10,15,18H,4-6,11-13,16H2,1-3H3,(H,24,25). The van der Waals surface area contributed by atoms with E-state index in [1.54, 1.807) is 23.0 Å². The Balaban J connectivity index is 1.61. The Morgan fingerprint density at radius 2 is 2.03 bits per heavy atom. The van der Waals surface area contributed by atoms with Crippen LogP contribution in [0.15, 0.2) is 35.3 Å². The molecule has 1 unspecified atom stereocenters. The molecule has 2 aromatic heterocycles. The minimum absolute atomic E-state index is 0.0496. The molecule has 0 aliphatic carbocycles. The smallest absolute Gasteiger partial charge is 0.266 e. The van der Waals surface area contributed by atoms with E-state index < -0.39 is 0 Å². The van der Waals surface area contributed by atoms with E-state index in [0.717, 1.165) is 37.6 Å². The lowest BCUT2D eigenvalue weighted by atomic mass is 9.92. The maximum atomic E-state index is 12.3. The van der Waals surface area contributed by atoms with Gasteiger partial charge in [0.15, 0.2) is 0 Å². The van der Waals surface area contributed by atoms with Crippen molar-refractivity contribution in [1.29, 1.82) is 5.26 Å². The first kappa shape index (κ1) is 21.0. The van der Waals surface area contributed by atoms with E-state index in [1.807, 2.05) is 12.1 Å². The van der Waals surface area contributed by atoms with E-state index in [-0.39, 0.29) is 11.0 Å². The maximum absolute atomic E-state index is 12.3. The van der Waals surface area contributed by atoms with Gasteiger partial charge in [0.25, 0.3) is 5.56 Å². The van der Waals surface area contributed by atoms with Crippen molar-refractivity contribution in [2.24, 2.45) is 0 Å². The summed E-state index contributed by atoms with van der Waals surface area (Å²) in [5.41, 5.74) is 1.36. The molecule has 0 bridgehead atoms. The number of pyridine rings is 1. The van der Waals surface area contributed by atoms with Crippen molar-refractivity contribution in [2.75, 3.05) is 25.0 Å². The van der Waals surface area contributed by atoms with Gasteiger partial charge in [-0.15, -0.1) is 0 Å². The number of rotatable bonds is 6. The van der Waals surface area contributed by atoms with Crippen LogP contribution in [0.3, 0.4) is 0 Å². The molecule has 0 spiro atoms. The van der Waals surface area contributed by atoms with Gasteiger partial charge in [-0.05, 0) is 37.6 Å². The highest BCUT2D eigenvalue weighted by Gasteiger charge is 2.23. The summed E-state index contributed by atoms with van der Waals surface area (Å²) in [7, 11) is 0. The number of nitrogens with one attached hydrogen (secondary N) is 1. The van der Waals surface area contributed by atoms with E-state index >= 15 is 0 Å². The maximum Gasteiger partial charge on any atom is 0.266 e. The van der Waals surface area contributed by atoms with E-state index in [0.29, 0.717) is 18.2 Å². The van der Waals surface area contributed by atoms with Gasteiger partial charge < -0.3 is 5.32 Å². The van der Waals surface area contributed by atoms with Crippen molar-refractivity contribution in [3.63, 3.8) is 0 Å². The topological polar surface area (TPSA) is 86.8 Å². The molecular formula is C22H30N6O. The molecule has 1 aliphatic heterocycles. The lowest BCUT2D eigenvalue weighted by Gasteiger charge is -2.36. The second-order valence-corrected chi connectivity index (χ2v) is 8.64. The zero-order valence-electron chi connectivity index (χ0n) is 17.6. The molecule has 0 saturated carbocycles. The van der Waals surface area contributed by atoms with E-state index in [1.165, 1.54) is 12.8 Å². The van der Waals surface area contributed by atoms with Crippen LogP contribution in [0.4, 0.5) is 5.82 Å². The molecule has 0 amide bonds. The second kappa shape index (κ2) is 9.19. The Bertz CT molecular complexity index is 907. The van der Waals surface area contributed by atoms with Gasteiger partial charge in [-0.1, -0.05) is 27.2 Å². The van der Waals surface area contributed by atoms with Crippen LogP contribution in [-0.2, 0) is 12.0 Å². The van der Waals surface area contributed by atoms with Crippen molar-refractivity contribution < 1.29 is 0 Å². The van der Waals surface area contributed by atoms with Crippen molar-refractivity contribution in [3.05, 3.63) is 52.1 Å². The van der Waals surface area contributed by atoms with Gasteiger partial charge in [0.05, 0.1) is 17.8 Å². The third-order valence-electron chi connectivity index (χ3n) is 5.39. The van der Waals surface area contributed by atoms with Crippen molar-refractivity contribution in [2.45, 2.75) is 58.0 Å². The first-order valence-corrected chi connectivity index (χ1v) is 10.3. The fourth-order valence-corrected chi connectivity index (χ4v) is 3.60. The monoisotopic (exact) mass is 394 g/mol. The number of aromatic nitrogens is 3. The molecule has 0 aromatic carbocycles. The normalized spacial score (nSPS) is 17.7. The van der Waals surface area contributed by atoms with E-state index in [2.05, 4.69) is 47.1 Å². The average Bonchev–Trinajstić information content (AvgIpc) is 2.71. The number of piperidine rings is 1. The van der Waals surface area contributed by atoms with Crippen LogP contribution in [0.1, 0.15) is 51.3 Å². The molecule has 3 heterocycles. The molecule has 1 N–H and O–H groups in total. The molecule has 1 aliphatic rings. The number of hydrogen-bond acceptors (Lipinski definition) is 6. The second-order valence-electron chi connectivity index (χ2n) is 8.64. The number of likely N-dealkylation sites (tertiary alicyclic amines) is 1. The molecule has 7 nitrogen and oxygen atoms in total. The Morgan fingerprint density at radius 3 is 2.72 bits per heavy atom. The summed E-state index contributed by atoms with van der Waals surface area (Å²) in [4.78, 5) is 19.0. The number of anilines is 1. The Labute approximate surface area is 172 Å². The van der Waals surface area contributed by atoms with Crippen LogP contribution >= 0.6 is 0 Å². The Kier molecular flexibility index (Phi) is 6.65. The van der Waals surface area contributed by atoms with Gasteiger partial charge >= 0.3 is 0 Å². The zero-order valence-corrected chi connectivity index (χ0v) is 17.6. The van der Waals surface area contributed by atoms with E-state index in [4.69, 9.17) is 5.26 Å². The summed E-state index contributed by atoms with van der Waals surface area (Å²) in [6.07, 6.45) is 5.09. The molecule has 7 heteroatoms. The third-order valence-corrected chi connectivity index (χ3v) is 5.39. The summed E-state index contributed by atoms with van der Waals surface area (Å²) >= 11 is 0. The summed E-state index contributed by atoms with van der Waals surface area (Å²) in [5.74, 6) is 0.783. The Hall–Kier alpha value is -2.72. The number of hydrogen-bond donors (Lipinski definition) is 1. The molecule has 154 valence electrons. The molecular weight excluding hydrogens is 364 g/mol. The lowest BCUT2D eigenvalue weighted by molar-refractivity contribution is 0.147. The SMILES string of the molecule is CC(C)(C)c1ccc(=O)n(CCN2CCCCC2CNc2ccc(C#N)cn2)n1. The highest BCUT2D eigenvalue weighted by Crippen LogP contribution is 2.19. The summed E-state index contributed by atoms with van der Waals surface area (Å²) in [6, 6.07) is 9.54. The third kappa shape index (κ3) is 5.64. The van der Waals surface area contributed by atoms with Gasteiger partial charge in [-0.2, -0.15) is 10.4 Å². The van der Waals surface area contributed by atoms with Gasteiger partial charge in [0, 0.05) is 36.8 Å². The van der Waals surface area contributed by atoms with Crippen LogP contribution in [-0.4, -0.2) is 45.3 Å². The minimum atomic E-state index is -0.0822. The Morgan fingerprint density at radius 1 is 1.21 bits per heavy atom. The van der Waals surface area contributed by atoms with Gasteiger partial charge in [-0.25, -0.2) is 9.67 Å². The molecule has 1 fully saturated rings. The predicted molar refractivity (Wildman–Crippen MR) is 114 cm³/mol. The number of nitrogens with zero attached hydrogens (tertiary/aromatic N) is 5. The van der Waals surface area contributed by atoms with Crippen molar-refractivity contribution in [3.8, 4) is 6.07 Å². The van der Waals surface area contributed by atoms with Gasteiger partial charge in [0.2, 0.25) is 0 Å². The zero-order chi connectivity index (χ0) is 20.9. The molecule has 3 rings (SSSR count). The number of nitriles is 1. The van der Waals surface area contributed by atoms with Crippen LogP contribution in [0.25, 0.3) is 0 Å². The summed E-state index contributed by atoms with van der Waals surface area (Å²) in [6.45, 7) is 9.53. The lowest BCUT2D eigenvalue weighted by Crippen LogP contribution is -2.45. The molecule has 29 heavy (non-hydrogen) atoms. The van der Waals surface area contributed by atoms with Crippen LogP contribution < -0.4 is 10.9 Å². The predicted octanol–water partition coefficient (Wildman–Crippen LogP) is 2.77. The fourth-order valence-electron chi connectivity index (χ4n) is 3.60. The summed E-state index contributed by atoms with van der Waals surface area (Å²) in [5, 5.41) is 16.9. The molecule has 1 atom stereocenters. The van der Waals surface area contributed by atoms with Gasteiger partial charge in [-0.3, -0.25) is 9.69 Å². The molecule has 1 saturated heterocycles. The quantitative estimate of drug-likeness (QED) is 0.811. The first-order valence-electron chi connectivity index (χ1n) is 10.3. The summed E-state index contributed by atoms with van der Waals surface area (Å²) < 4.78 is 1.60. The molecule has 0 radical (unpaired) electrons. The van der Waals surface area contributed by atoms with Crippen molar-refractivity contribution in [1.82, 2.24) is 19.7 Å². The van der Waals surface area contributed by atoms with Crippen molar-refractivity contribution >= 4 is 5.82 Å². The largest absolute Gasteiger partial charge is 0.369 e.